The Bertz CT molecular complexity index is 703. The molecule has 21 heavy (non-hydrogen) atoms. The summed E-state index contributed by atoms with van der Waals surface area (Å²) in [5, 5.41) is 11.5. The van der Waals surface area contributed by atoms with Crippen molar-refractivity contribution in [3.63, 3.8) is 0 Å². The molecule has 0 aliphatic rings. The largest absolute Gasteiger partial charge is 0.478 e. The van der Waals surface area contributed by atoms with Crippen LogP contribution in [0.25, 0.3) is 0 Å². The number of carboxylic acid groups (broad SMARTS) is 1. The van der Waals surface area contributed by atoms with Crippen LogP contribution in [-0.4, -0.2) is 17.0 Å². The maximum Gasteiger partial charge on any atom is 0.335 e. The molecule has 2 rings (SSSR count). The molecule has 0 saturated heterocycles. The molecule has 0 unspecified atom stereocenters. The van der Waals surface area contributed by atoms with Crippen LogP contribution in [-0.2, 0) is 11.2 Å². The average molecular weight is 352 g/mol. The van der Waals surface area contributed by atoms with Crippen LogP contribution in [0.1, 0.15) is 15.9 Å². The van der Waals surface area contributed by atoms with Crippen LogP contribution in [0.3, 0.4) is 0 Å². The summed E-state index contributed by atoms with van der Waals surface area (Å²) in [5.41, 5.74) is 0.486. The third-order valence-corrected chi connectivity index (χ3v) is 3.30. The SMILES string of the molecule is O=C(Cc1ccccc1C(=O)O)Nc1ccc(Br)cc1F. The monoisotopic (exact) mass is 351 g/mol. The van der Waals surface area contributed by atoms with E-state index in [1.165, 1.54) is 18.2 Å². The van der Waals surface area contributed by atoms with Crippen LogP contribution in [0.5, 0.6) is 0 Å². The molecule has 0 fully saturated rings. The van der Waals surface area contributed by atoms with E-state index in [4.69, 9.17) is 5.11 Å². The van der Waals surface area contributed by atoms with Gasteiger partial charge in [0.15, 0.2) is 0 Å². The Labute approximate surface area is 128 Å². The number of benzene rings is 2. The van der Waals surface area contributed by atoms with Crippen molar-refractivity contribution in [2.24, 2.45) is 0 Å². The Hall–Kier alpha value is -2.21. The third kappa shape index (κ3) is 3.88. The van der Waals surface area contributed by atoms with Gasteiger partial charge in [0, 0.05) is 4.47 Å². The lowest BCUT2D eigenvalue weighted by molar-refractivity contribution is -0.115. The number of nitrogens with one attached hydrogen (secondary N) is 1. The average Bonchev–Trinajstić information content (AvgIpc) is 2.42. The fourth-order valence-corrected chi connectivity index (χ4v) is 2.17. The summed E-state index contributed by atoms with van der Waals surface area (Å²) in [7, 11) is 0. The summed E-state index contributed by atoms with van der Waals surface area (Å²) in [4.78, 5) is 23.0. The predicted molar refractivity (Wildman–Crippen MR) is 79.8 cm³/mol. The highest BCUT2D eigenvalue weighted by atomic mass is 79.9. The highest BCUT2D eigenvalue weighted by Gasteiger charge is 2.13. The molecule has 108 valence electrons. The molecule has 0 bridgehead atoms. The Kier molecular flexibility index (Phi) is 4.70. The highest BCUT2D eigenvalue weighted by molar-refractivity contribution is 9.10. The van der Waals surface area contributed by atoms with Gasteiger partial charge in [0.2, 0.25) is 5.91 Å². The molecule has 0 aliphatic heterocycles. The first-order chi connectivity index (χ1) is 9.97. The van der Waals surface area contributed by atoms with Gasteiger partial charge in [0.25, 0.3) is 0 Å². The van der Waals surface area contributed by atoms with E-state index in [0.29, 0.717) is 10.0 Å². The van der Waals surface area contributed by atoms with Crippen molar-refractivity contribution in [2.45, 2.75) is 6.42 Å². The van der Waals surface area contributed by atoms with Crippen LogP contribution in [0, 0.1) is 5.82 Å². The van der Waals surface area contributed by atoms with Gasteiger partial charge in [-0.2, -0.15) is 0 Å². The minimum atomic E-state index is -1.10. The van der Waals surface area contributed by atoms with Gasteiger partial charge in [-0.15, -0.1) is 0 Å². The molecule has 6 heteroatoms. The molecule has 0 atom stereocenters. The minimum Gasteiger partial charge on any atom is -0.478 e. The van der Waals surface area contributed by atoms with Crippen molar-refractivity contribution in [2.75, 3.05) is 5.32 Å². The van der Waals surface area contributed by atoms with Gasteiger partial charge in [-0.05, 0) is 29.8 Å². The van der Waals surface area contributed by atoms with Crippen molar-refractivity contribution >= 4 is 33.5 Å². The summed E-state index contributed by atoms with van der Waals surface area (Å²) in [5.74, 6) is -2.15. The summed E-state index contributed by atoms with van der Waals surface area (Å²) in [6.45, 7) is 0. The van der Waals surface area contributed by atoms with E-state index in [0.717, 1.165) is 0 Å². The van der Waals surface area contributed by atoms with E-state index < -0.39 is 17.7 Å². The molecule has 2 aromatic carbocycles. The second-order valence-electron chi connectivity index (χ2n) is 4.31. The van der Waals surface area contributed by atoms with Crippen molar-refractivity contribution in [3.8, 4) is 0 Å². The maximum absolute atomic E-state index is 13.6. The zero-order valence-electron chi connectivity index (χ0n) is 10.8. The van der Waals surface area contributed by atoms with Gasteiger partial charge < -0.3 is 10.4 Å². The quantitative estimate of drug-likeness (QED) is 0.886. The number of carbonyl (C=O) groups is 2. The zero-order chi connectivity index (χ0) is 15.4. The van der Waals surface area contributed by atoms with Crippen LogP contribution < -0.4 is 5.32 Å². The van der Waals surface area contributed by atoms with Gasteiger partial charge in [-0.1, -0.05) is 34.1 Å². The van der Waals surface area contributed by atoms with Gasteiger partial charge in [-0.25, -0.2) is 9.18 Å². The van der Waals surface area contributed by atoms with Crippen LogP contribution >= 0.6 is 15.9 Å². The van der Waals surface area contributed by atoms with E-state index in [9.17, 15) is 14.0 Å². The lowest BCUT2D eigenvalue weighted by atomic mass is 10.0. The Morgan fingerprint density at radius 2 is 1.90 bits per heavy atom. The molecular weight excluding hydrogens is 341 g/mol. The molecular formula is C15H11BrFNO3. The number of aromatic carboxylic acids is 1. The number of carboxylic acids is 1. The van der Waals surface area contributed by atoms with Crippen LogP contribution in [0.15, 0.2) is 46.9 Å². The number of halogens is 2. The topological polar surface area (TPSA) is 66.4 Å². The minimum absolute atomic E-state index is 0.0519. The van der Waals surface area contributed by atoms with E-state index >= 15 is 0 Å². The zero-order valence-corrected chi connectivity index (χ0v) is 12.4. The van der Waals surface area contributed by atoms with E-state index in [1.807, 2.05) is 0 Å². The first-order valence-electron chi connectivity index (χ1n) is 6.03. The van der Waals surface area contributed by atoms with Gasteiger partial charge in [0.1, 0.15) is 5.82 Å². The fourth-order valence-electron chi connectivity index (χ4n) is 1.84. The first kappa shape index (κ1) is 15.2. The lowest BCUT2D eigenvalue weighted by Gasteiger charge is -2.08. The molecule has 0 radical (unpaired) electrons. The molecule has 0 aromatic heterocycles. The number of hydrogen-bond donors (Lipinski definition) is 2. The summed E-state index contributed by atoms with van der Waals surface area (Å²) >= 11 is 3.12. The normalized spacial score (nSPS) is 10.2. The second kappa shape index (κ2) is 6.49. The Balaban J connectivity index is 2.14. The van der Waals surface area contributed by atoms with Crippen molar-refractivity contribution in [3.05, 3.63) is 63.9 Å². The standard InChI is InChI=1S/C15H11BrFNO3/c16-10-5-6-13(12(17)8-10)18-14(19)7-9-3-1-2-4-11(9)15(20)21/h1-6,8H,7H2,(H,18,19)(H,20,21). The number of anilines is 1. The molecule has 0 heterocycles. The molecule has 0 spiro atoms. The second-order valence-corrected chi connectivity index (χ2v) is 5.23. The fraction of sp³-hybridized carbons (Fsp3) is 0.0667. The van der Waals surface area contributed by atoms with Gasteiger partial charge >= 0.3 is 5.97 Å². The number of amides is 1. The van der Waals surface area contributed by atoms with Crippen molar-refractivity contribution in [1.82, 2.24) is 0 Å². The predicted octanol–water partition coefficient (Wildman–Crippen LogP) is 3.47. The molecule has 2 N–H and O–H groups in total. The number of rotatable bonds is 4. The van der Waals surface area contributed by atoms with E-state index in [1.54, 1.807) is 24.3 Å². The molecule has 0 aliphatic carbocycles. The smallest absolute Gasteiger partial charge is 0.335 e. The van der Waals surface area contributed by atoms with Crippen molar-refractivity contribution < 1.29 is 19.1 Å². The van der Waals surface area contributed by atoms with Crippen molar-refractivity contribution in [1.29, 1.82) is 0 Å². The molecule has 2 aromatic rings. The summed E-state index contributed by atoms with van der Waals surface area (Å²) in [6, 6.07) is 10.5. The maximum atomic E-state index is 13.6. The summed E-state index contributed by atoms with van der Waals surface area (Å²) in [6.07, 6.45) is -0.141. The highest BCUT2D eigenvalue weighted by Crippen LogP contribution is 2.20. The number of carbonyl (C=O) groups excluding carboxylic acids is 1. The molecule has 0 saturated carbocycles. The van der Waals surface area contributed by atoms with Crippen LogP contribution in [0.2, 0.25) is 0 Å². The Morgan fingerprint density at radius 3 is 2.57 bits per heavy atom. The van der Waals surface area contributed by atoms with E-state index in [2.05, 4.69) is 21.2 Å². The number of hydrogen-bond acceptors (Lipinski definition) is 2. The third-order valence-electron chi connectivity index (χ3n) is 2.80. The molecule has 4 nitrogen and oxygen atoms in total. The molecule has 1 amide bonds. The Morgan fingerprint density at radius 1 is 1.19 bits per heavy atom. The van der Waals surface area contributed by atoms with Gasteiger partial charge in [0.05, 0.1) is 17.7 Å². The first-order valence-corrected chi connectivity index (χ1v) is 6.83. The lowest BCUT2D eigenvalue weighted by Crippen LogP contribution is -2.17. The van der Waals surface area contributed by atoms with Crippen LogP contribution in [0.4, 0.5) is 10.1 Å². The van der Waals surface area contributed by atoms with Gasteiger partial charge in [-0.3, -0.25) is 4.79 Å². The summed E-state index contributed by atoms with van der Waals surface area (Å²) < 4.78 is 14.2. The van der Waals surface area contributed by atoms with E-state index in [-0.39, 0.29) is 17.7 Å².